The van der Waals surface area contributed by atoms with Crippen molar-refractivity contribution in [1.82, 2.24) is 20.0 Å². The summed E-state index contributed by atoms with van der Waals surface area (Å²) in [5.74, 6) is -0.863. The van der Waals surface area contributed by atoms with Gasteiger partial charge in [-0.2, -0.15) is 0 Å². The molecule has 0 saturated heterocycles. The average molecular weight is 267 g/mol. The van der Waals surface area contributed by atoms with Gasteiger partial charge in [-0.15, -0.1) is 16.4 Å². The number of aliphatic carboxylic acids is 1. The maximum absolute atomic E-state index is 10.5. The third-order valence-corrected chi connectivity index (χ3v) is 3.05. The minimum Gasteiger partial charge on any atom is -0.481 e. The highest BCUT2D eigenvalue weighted by atomic mass is 32.1. The van der Waals surface area contributed by atoms with Crippen molar-refractivity contribution in [2.24, 2.45) is 0 Å². The first-order valence-corrected chi connectivity index (χ1v) is 6.36. The molecule has 2 aromatic heterocycles. The number of aryl methyl sites for hydroxylation is 1. The molecule has 0 bridgehead atoms. The molecule has 0 spiro atoms. The number of carboxylic acids is 1. The van der Waals surface area contributed by atoms with Crippen LogP contribution in [0.5, 0.6) is 0 Å². The summed E-state index contributed by atoms with van der Waals surface area (Å²) < 4.78 is 1.76. The first kappa shape index (κ1) is 12.5. The highest BCUT2D eigenvalue weighted by Gasteiger charge is 2.05. The van der Waals surface area contributed by atoms with Gasteiger partial charge >= 0.3 is 5.97 Å². The molecule has 0 fully saturated rings. The van der Waals surface area contributed by atoms with Gasteiger partial charge in [-0.25, -0.2) is 4.98 Å². The second-order valence-electron chi connectivity index (χ2n) is 3.66. The maximum Gasteiger partial charge on any atom is 0.309 e. The molecule has 18 heavy (non-hydrogen) atoms. The summed E-state index contributed by atoms with van der Waals surface area (Å²) in [6.45, 7) is 1.56. The van der Waals surface area contributed by atoms with Gasteiger partial charge in [0.2, 0.25) is 0 Å². The van der Waals surface area contributed by atoms with Crippen LogP contribution in [0.1, 0.15) is 12.1 Å². The fourth-order valence-corrected chi connectivity index (χ4v) is 2.15. The average Bonchev–Trinajstić information content (AvgIpc) is 2.95. The molecular weight excluding hydrogens is 254 g/mol. The predicted molar refractivity (Wildman–Crippen MR) is 66.6 cm³/mol. The van der Waals surface area contributed by atoms with E-state index in [1.807, 2.05) is 6.20 Å². The molecule has 0 atom stereocenters. The van der Waals surface area contributed by atoms with Gasteiger partial charge in [-0.1, -0.05) is 5.21 Å². The van der Waals surface area contributed by atoms with E-state index >= 15 is 0 Å². The quantitative estimate of drug-likeness (QED) is 0.723. The number of nitrogens with zero attached hydrogens (tertiary/aromatic N) is 4. The zero-order chi connectivity index (χ0) is 12.8. The number of anilines is 1. The second-order valence-corrected chi connectivity index (χ2v) is 4.52. The van der Waals surface area contributed by atoms with E-state index in [9.17, 15) is 4.79 Å². The Bertz CT molecular complexity index is 496. The van der Waals surface area contributed by atoms with Gasteiger partial charge in [0.1, 0.15) is 0 Å². The van der Waals surface area contributed by atoms with E-state index in [4.69, 9.17) is 5.11 Å². The normalized spacial score (nSPS) is 10.4. The summed E-state index contributed by atoms with van der Waals surface area (Å²) in [5, 5.41) is 21.9. The lowest BCUT2D eigenvalue weighted by molar-refractivity contribution is -0.136. The standard InChI is InChI=1S/C10H13N5O2S/c16-9(17)6-8-7-18-10(13-8)11-2-1-4-15-5-3-12-14-15/h3,5,7H,1-2,4,6H2,(H,11,13)(H,16,17). The number of thiazole rings is 1. The molecule has 0 aliphatic heterocycles. The van der Waals surface area contributed by atoms with Crippen molar-refractivity contribution in [2.45, 2.75) is 19.4 Å². The first-order valence-electron chi connectivity index (χ1n) is 5.48. The summed E-state index contributed by atoms with van der Waals surface area (Å²) in [5.41, 5.74) is 0.589. The van der Waals surface area contributed by atoms with Crippen LogP contribution in [0.2, 0.25) is 0 Å². The summed E-state index contributed by atoms with van der Waals surface area (Å²) in [7, 11) is 0. The SMILES string of the molecule is O=C(O)Cc1csc(NCCCn2ccnn2)n1. The molecular formula is C10H13N5O2S. The zero-order valence-corrected chi connectivity index (χ0v) is 10.4. The topological polar surface area (TPSA) is 92.9 Å². The highest BCUT2D eigenvalue weighted by Crippen LogP contribution is 2.15. The number of rotatable bonds is 7. The number of hydrogen-bond donors (Lipinski definition) is 2. The molecule has 0 unspecified atom stereocenters. The van der Waals surface area contributed by atoms with Gasteiger partial charge in [0.25, 0.3) is 0 Å². The summed E-state index contributed by atoms with van der Waals surface area (Å²) in [4.78, 5) is 14.7. The third kappa shape index (κ3) is 3.81. The van der Waals surface area contributed by atoms with Crippen LogP contribution in [0.25, 0.3) is 0 Å². The Morgan fingerprint density at radius 2 is 2.44 bits per heavy atom. The lowest BCUT2D eigenvalue weighted by atomic mass is 10.3. The van der Waals surface area contributed by atoms with Crippen LogP contribution in [-0.2, 0) is 17.8 Å². The molecule has 8 heteroatoms. The van der Waals surface area contributed by atoms with E-state index in [1.54, 1.807) is 16.3 Å². The summed E-state index contributed by atoms with van der Waals surface area (Å²) >= 11 is 1.42. The molecule has 0 aliphatic carbocycles. The number of carbonyl (C=O) groups is 1. The van der Waals surface area contributed by atoms with Gasteiger partial charge in [-0.3, -0.25) is 9.48 Å². The molecule has 2 N–H and O–H groups in total. The van der Waals surface area contributed by atoms with Crippen molar-refractivity contribution in [2.75, 3.05) is 11.9 Å². The Balaban J connectivity index is 1.70. The molecule has 2 rings (SSSR count). The highest BCUT2D eigenvalue weighted by molar-refractivity contribution is 7.13. The van der Waals surface area contributed by atoms with Crippen molar-refractivity contribution in [3.05, 3.63) is 23.5 Å². The van der Waals surface area contributed by atoms with E-state index in [0.29, 0.717) is 5.69 Å². The van der Waals surface area contributed by atoms with Crippen LogP contribution < -0.4 is 5.32 Å². The van der Waals surface area contributed by atoms with E-state index < -0.39 is 5.97 Å². The number of hydrogen-bond acceptors (Lipinski definition) is 6. The van der Waals surface area contributed by atoms with E-state index in [-0.39, 0.29) is 6.42 Å². The Kier molecular flexibility index (Phi) is 4.24. The molecule has 0 radical (unpaired) electrons. The zero-order valence-electron chi connectivity index (χ0n) is 9.61. The first-order chi connectivity index (χ1) is 8.74. The minimum absolute atomic E-state index is 0.0306. The van der Waals surface area contributed by atoms with E-state index in [2.05, 4.69) is 20.6 Å². The van der Waals surface area contributed by atoms with Crippen LogP contribution in [-0.4, -0.2) is 37.6 Å². The van der Waals surface area contributed by atoms with Gasteiger partial charge < -0.3 is 10.4 Å². The summed E-state index contributed by atoms with van der Waals surface area (Å²) in [6, 6.07) is 0. The van der Waals surface area contributed by atoms with Gasteiger partial charge in [-0.05, 0) is 6.42 Å². The van der Waals surface area contributed by atoms with Crippen molar-refractivity contribution in [1.29, 1.82) is 0 Å². The Morgan fingerprint density at radius 1 is 1.56 bits per heavy atom. The Labute approximate surface area is 107 Å². The monoisotopic (exact) mass is 267 g/mol. The minimum atomic E-state index is -0.863. The fourth-order valence-electron chi connectivity index (χ4n) is 1.41. The smallest absolute Gasteiger partial charge is 0.309 e. The van der Waals surface area contributed by atoms with Crippen molar-refractivity contribution < 1.29 is 9.90 Å². The summed E-state index contributed by atoms with van der Waals surface area (Å²) in [6.07, 6.45) is 4.33. The fraction of sp³-hybridized carbons (Fsp3) is 0.400. The molecule has 2 aromatic rings. The number of carboxylic acid groups (broad SMARTS) is 1. The molecule has 2 heterocycles. The van der Waals surface area contributed by atoms with Crippen molar-refractivity contribution in [3.8, 4) is 0 Å². The van der Waals surface area contributed by atoms with Crippen LogP contribution in [0.4, 0.5) is 5.13 Å². The molecule has 0 aromatic carbocycles. The number of aromatic nitrogens is 4. The second kappa shape index (κ2) is 6.10. The number of nitrogens with one attached hydrogen (secondary N) is 1. The van der Waals surface area contributed by atoms with Crippen LogP contribution >= 0.6 is 11.3 Å². The predicted octanol–water partition coefficient (Wildman–Crippen LogP) is 0.864. The van der Waals surface area contributed by atoms with E-state index in [1.165, 1.54) is 11.3 Å². The van der Waals surface area contributed by atoms with Crippen molar-refractivity contribution >= 4 is 22.4 Å². The van der Waals surface area contributed by atoms with Gasteiger partial charge in [0, 0.05) is 24.7 Å². The Hall–Kier alpha value is -1.96. The lowest BCUT2D eigenvalue weighted by Gasteiger charge is -2.02. The molecule has 96 valence electrons. The molecule has 0 aliphatic rings. The maximum atomic E-state index is 10.5. The van der Waals surface area contributed by atoms with Gasteiger partial charge in [0.15, 0.2) is 5.13 Å². The molecule has 0 saturated carbocycles. The van der Waals surface area contributed by atoms with Gasteiger partial charge in [0.05, 0.1) is 18.3 Å². The third-order valence-electron chi connectivity index (χ3n) is 2.20. The van der Waals surface area contributed by atoms with Crippen LogP contribution in [0, 0.1) is 0 Å². The van der Waals surface area contributed by atoms with Crippen LogP contribution in [0.15, 0.2) is 17.8 Å². The lowest BCUT2D eigenvalue weighted by Crippen LogP contribution is -2.07. The largest absolute Gasteiger partial charge is 0.481 e. The van der Waals surface area contributed by atoms with Crippen LogP contribution in [0.3, 0.4) is 0 Å². The molecule has 7 nitrogen and oxygen atoms in total. The molecule has 0 amide bonds. The van der Waals surface area contributed by atoms with Crippen molar-refractivity contribution in [3.63, 3.8) is 0 Å². The van der Waals surface area contributed by atoms with E-state index in [0.717, 1.165) is 24.6 Å². The Morgan fingerprint density at radius 3 is 3.17 bits per heavy atom.